The van der Waals surface area contributed by atoms with E-state index in [4.69, 9.17) is 10.00 Å². The van der Waals surface area contributed by atoms with Crippen LogP contribution in [0.25, 0.3) is 0 Å². The Bertz CT molecular complexity index is 228. The molecule has 0 aromatic rings. The van der Waals surface area contributed by atoms with Crippen molar-refractivity contribution in [1.82, 2.24) is 5.32 Å². The van der Waals surface area contributed by atoms with Crippen molar-refractivity contribution in [2.75, 3.05) is 19.7 Å². The van der Waals surface area contributed by atoms with Crippen LogP contribution in [-0.2, 0) is 4.74 Å². The smallest absolute Gasteiger partial charge is 0.156 e. The molecule has 1 N–H and O–H groups in total. The summed E-state index contributed by atoms with van der Waals surface area (Å²) in [6.45, 7) is 2.50. The largest absolute Gasteiger partial charge is 0.361 e. The molecule has 3 nitrogen and oxygen atoms in total. The van der Waals surface area contributed by atoms with E-state index in [1.807, 2.05) is 0 Å². The second-order valence-electron chi connectivity index (χ2n) is 4.62. The van der Waals surface area contributed by atoms with Gasteiger partial charge in [-0.25, -0.2) is 0 Å². The Labute approximate surface area is 85.4 Å². The minimum absolute atomic E-state index is 0.240. The first-order valence-corrected chi connectivity index (χ1v) is 5.57. The summed E-state index contributed by atoms with van der Waals surface area (Å²) in [7, 11) is 0. The highest BCUT2D eigenvalue weighted by Gasteiger charge is 2.34. The Morgan fingerprint density at radius 1 is 1.29 bits per heavy atom. The molecule has 1 unspecified atom stereocenters. The summed E-state index contributed by atoms with van der Waals surface area (Å²) in [6, 6.07) is 2.18. The van der Waals surface area contributed by atoms with Crippen LogP contribution in [0.1, 0.15) is 32.1 Å². The molecule has 1 aliphatic heterocycles. The quantitative estimate of drug-likeness (QED) is 0.634. The minimum Gasteiger partial charge on any atom is -0.361 e. The van der Waals surface area contributed by atoms with Crippen molar-refractivity contribution in [2.24, 2.45) is 5.41 Å². The molecule has 1 aliphatic carbocycles. The van der Waals surface area contributed by atoms with Crippen molar-refractivity contribution in [3.63, 3.8) is 0 Å². The summed E-state index contributed by atoms with van der Waals surface area (Å²) in [6.07, 6.45) is 6.29. The number of nitriles is 1. The molecule has 1 heterocycles. The standard InChI is InChI=1S/C11H18N2O/c12-6-10-7-13-8-11(9-14-10)4-2-1-3-5-11/h10,13H,1-5,7-9H2. The lowest BCUT2D eigenvalue weighted by molar-refractivity contribution is 0.0209. The van der Waals surface area contributed by atoms with Gasteiger partial charge in [-0.1, -0.05) is 19.3 Å². The third kappa shape index (κ3) is 2.08. The molecule has 0 radical (unpaired) electrons. The molecular weight excluding hydrogens is 176 g/mol. The maximum Gasteiger partial charge on any atom is 0.156 e. The maximum atomic E-state index is 8.79. The number of rotatable bonds is 0. The van der Waals surface area contributed by atoms with Gasteiger partial charge < -0.3 is 10.1 Å². The monoisotopic (exact) mass is 194 g/mol. The van der Waals surface area contributed by atoms with Crippen LogP contribution in [0.4, 0.5) is 0 Å². The van der Waals surface area contributed by atoms with E-state index >= 15 is 0 Å². The highest BCUT2D eigenvalue weighted by Crippen LogP contribution is 2.36. The lowest BCUT2D eigenvalue weighted by atomic mass is 9.75. The lowest BCUT2D eigenvalue weighted by Gasteiger charge is -2.35. The molecule has 1 atom stereocenters. The van der Waals surface area contributed by atoms with Crippen molar-refractivity contribution in [3.8, 4) is 6.07 Å². The molecule has 2 rings (SSSR count). The predicted octanol–water partition coefficient (Wildman–Crippen LogP) is 1.45. The zero-order valence-electron chi connectivity index (χ0n) is 8.59. The molecular formula is C11H18N2O. The van der Waals surface area contributed by atoms with Crippen LogP contribution in [0.5, 0.6) is 0 Å². The summed E-state index contributed by atoms with van der Waals surface area (Å²) in [5.41, 5.74) is 0.337. The molecule has 1 spiro atoms. The van der Waals surface area contributed by atoms with Gasteiger partial charge in [0.15, 0.2) is 6.10 Å². The molecule has 14 heavy (non-hydrogen) atoms. The predicted molar refractivity (Wildman–Crippen MR) is 53.7 cm³/mol. The van der Waals surface area contributed by atoms with Crippen molar-refractivity contribution >= 4 is 0 Å². The number of nitrogens with zero attached hydrogens (tertiary/aromatic N) is 1. The summed E-state index contributed by atoms with van der Waals surface area (Å²) < 4.78 is 5.62. The Morgan fingerprint density at radius 3 is 2.79 bits per heavy atom. The van der Waals surface area contributed by atoms with Gasteiger partial charge in [-0.2, -0.15) is 5.26 Å². The maximum absolute atomic E-state index is 8.79. The molecule has 0 aromatic heterocycles. The van der Waals surface area contributed by atoms with Gasteiger partial charge in [-0.05, 0) is 12.8 Å². The van der Waals surface area contributed by atoms with E-state index in [0.29, 0.717) is 12.0 Å². The van der Waals surface area contributed by atoms with Crippen molar-refractivity contribution < 1.29 is 4.74 Å². The van der Waals surface area contributed by atoms with Gasteiger partial charge >= 0.3 is 0 Å². The Kier molecular flexibility index (Phi) is 3.05. The van der Waals surface area contributed by atoms with E-state index in [0.717, 1.165) is 13.2 Å². The van der Waals surface area contributed by atoms with Crippen LogP contribution < -0.4 is 5.32 Å². The number of nitrogens with one attached hydrogen (secondary N) is 1. The molecule has 0 amide bonds. The summed E-state index contributed by atoms with van der Waals surface area (Å²) >= 11 is 0. The zero-order chi connectivity index (χ0) is 9.86. The fourth-order valence-corrected chi connectivity index (χ4v) is 2.56. The minimum atomic E-state index is -0.240. The van der Waals surface area contributed by atoms with Gasteiger partial charge in [0.05, 0.1) is 12.7 Å². The van der Waals surface area contributed by atoms with E-state index in [1.165, 1.54) is 32.1 Å². The Balaban J connectivity index is 1.96. The summed E-state index contributed by atoms with van der Waals surface area (Å²) in [4.78, 5) is 0. The number of hydrogen-bond acceptors (Lipinski definition) is 3. The van der Waals surface area contributed by atoms with Crippen LogP contribution >= 0.6 is 0 Å². The van der Waals surface area contributed by atoms with Gasteiger partial charge in [-0.3, -0.25) is 0 Å². The first-order chi connectivity index (χ1) is 6.85. The average molecular weight is 194 g/mol. The first-order valence-electron chi connectivity index (χ1n) is 5.57. The lowest BCUT2D eigenvalue weighted by Crippen LogP contribution is -2.37. The first kappa shape index (κ1) is 9.95. The number of ether oxygens (including phenoxy) is 1. The topological polar surface area (TPSA) is 45.0 Å². The van der Waals surface area contributed by atoms with E-state index in [-0.39, 0.29) is 6.10 Å². The van der Waals surface area contributed by atoms with Crippen molar-refractivity contribution in [3.05, 3.63) is 0 Å². The van der Waals surface area contributed by atoms with Crippen molar-refractivity contribution in [2.45, 2.75) is 38.2 Å². The summed E-state index contributed by atoms with van der Waals surface area (Å²) in [5.74, 6) is 0. The molecule has 2 aliphatic rings. The Hall–Kier alpha value is -0.590. The molecule has 78 valence electrons. The normalized spacial score (nSPS) is 32.1. The van der Waals surface area contributed by atoms with Gasteiger partial charge in [0.1, 0.15) is 0 Å². The zero-order valence-corrected chi connectivity index (χ0v) is 8.59. The fourth-order valence-electron chi connectivity index (χ4n) is 2.56. The van der Waals surface area contributed by atoms with Crippen molar-refractivity contribution in [1.29, 1.82) is 5.26 Å². The van der Waals surface area contributed by atoms with Crippen LogP contribution in [0.2, 0.25) is 0 Å². The van der Waals surface area contributed by atoms with E-state index < -0.39 is 0 Å². The molecule has 0 aromatic carbocycles. The second kappa shape index (κ2) is 4.29. The summed E-state index contributed by atoms with van der Waals surface area (Å²) in [5, 5.41) is 12.1. The third-order valence-corrected chi connectivity index (χ3v) is 3.48. The molecule has 3 heteroatoms. The molecule has 0 bridgehead atoms. The van der Waals surface area contributed by atoms with Crippen LogP contribution in [0.15, 0.2) is 0 Å². The molecule has 1 saturated carbocycles. The Morgan fingerprint density at radius 2 is 2.07 bits per heavy atom. The highest BCUT2D eigenvalue weighted by molar-refractivity contribution is 4.93. The molecule has 2 fully saturated rings. The highest BCUT2D eigenvalue weighted by atomic mass is 16.5. The van der Waals surface area contributed by atoms with Crippen LogP contribution in [0.3, 0.4) is 0 Å². The van der Waals surface area contributed by atoms with Gasteiger partial charge in [0.2, 0.25) is 0 Å². The van der Waals surface area contributed by atoms with Gasteiger partial charge in [-0.15, -0.1) is 0 Å². The SMILES string of the molecule is N#CC1CNCC2(CCCCC2)CO1. The van der Waals surface area contributed by atoms with E-state index in [9.17, 15) is 0 Å². The molecule has 1 saturated heterocycles. The third-order valence-electron chi connectivity index (χ3n) is 3.48. The van der Waals surface area contributed by atoms with Gasteiger partial charge in [0, 0.05) is 18.5 Å². The van der Waals surface area contributed by atoms with E-state index in [1.54, 1.807) is 0 Å². The number of hydrogen-bond donors (Lipinski definition) is 1. The average Bonchev–Trinajstić information content (AvgIpc) is 2.42. The van der Waals surface area contributed by atoms with Crippen LogP contribution in [-0.4, -0.2) is 25.8 Å². The fraction of sp³-hybridized carbons (Fsp3) is 0.909. The van der Waals surface area contributed by atoms with Crippen LogP contribution in [0, 0.1) is 16.7 Å². The second-order valence-corrected chi connectivity index (χ2v) is 4.62. The van der Waals surface area contributed by atoms with E-state index in [2.05, 4.69) is 11.4 Å². The van der Waals surface area contributed by atoms with Gasteiger partial charge in [0.25, 0.3) is 0 Å².